The van der Waals surface area contributed by atoms with Gasteiger partial charge < -0.3 is 4.74 Å². The molecule has 2 aromatic heterocycles. The van der Waals surface area contributed by atoms with E-state index < -0.39 is 0 Å². The third-order valence-corrected chi connectivity index (χ3v) is 3.60. The third-order valence-electron chi connectivity index (χ3n) is 2.68. The fourth-order valence-corrected chi connectivity index (χ4v) is 2.44. The molecule has 2 aromatic rings. The van der Waals surface area contributed by atoms with Crippen LogP contribution in [0.4, 0.5) is 5.82 Å². The number of anilines is 1. The molecule has 1 aliphatic rings. The molecule has 86 valence electrons. The maximum atomic E-state index is 11.4. The molecule has 1 amide bonds. The Labute approximate surface area is 102 Å². The summed E-state index contributed by atoms with van der Waals surface area (Å²) in [7, 11) is 1.71. The summed E-state index contributed by atoms with van der Waals surface area (Å²) in [5.74, 6) is 1.17. The van der Waals surface area contributed by atoms with Gasteiger partial charge in [-0.3, -0.25) is 9.69 Å². The van der Waals surface area contributed by atoms with Crippen LogP contribution in [0.1, 0.15) is 0 Å². The van der Waals surface area contributed by atoms with Crippen LogP contribution in [0.15, 0.2) is 29.8 Å². The summed E-state index contributed by atoms with van der Waals surface area (Å²) in [4.78, 5) is 18.4. The second kappa shape index (κ2) is 3.85. The number of ether oxygens (including phenoxy) is 1. The normalized spacial score (nSPS) is 14.4. The first-order chi connectivity index (χ1) is 8.25. The number of rotatable bonds is 1. The molecule has 0 bridgehead atoms. The number of thiophene rings is 1. The summed E-state index contributed by atoms with van der Waals surface area (Å²) >= 11 is 1.65. The van der Waals surface area contributed by atoms with E-state index in [0.29, 0.717) is 11.6 Å². The van der Waals surface area contributed by atoms with Crippen LogP contribution in [-0.2, 0) is 4.79 Å². The van der Waals surface area contributed by atoms with Crippen LogP contribution in [0.25, 0.3) is 10.4 Å². The molecule has 0 saturated carbocycles. The zero-order chi connectivity index (χ0) is 11.8. The average molecular weight is 246 g/mol. The van der Waals surface area contributed by atoms with Crippen molar-refractivity contribution in [1.29, 1.82) is 0 Å². The van der Waals surface area contributed by atoms with E-state index in [2.05, 4.69) is 4.98 Å². The Bertz CT molecular complexity index is 566. The van der Waals surface area contributed by atoms with Crippen molar-refractivity contribution in [1.82, 2.24) is 4.98 Å². The SMILES string of the molecule is CN1C(=O)COc2cc(-c3cccs3)cnc21. The predicted octanol–water partition coefficient (Wildman–Crippen LogP) is 2.17. The molecule has 0 saturated heterocycles. The van der Waals surface area contributed by atoms with E-state index in [0.717, 1.165) is 10.4 Å². The third kappa shape index (κ3) is 1.68. The molecule has 1 aliphatic heterocycles. The molecule has 0 spiro atoms. The standard InChI is InChI=1S/C12H10N2O2S/c1-14-11(15)7-16-9-5-8(6-13-12(9)14)10-3-2-4-17-10/h2-6H,7H2,1H3. The van der Waals surface area contributed by atoms with Gasteiger partial charge in [0.05, 0.1) is 0 Å². The van der Waals surface area contributed by atoms with E-state index in [-0.39, 0.29) is 12.5 Å². The molecule has 4 nitrogen and oxygen atoms in total. The molecule has 3 rings (SSSR count). The van der Waals surface area contributed by atoms with Crippen LogP contribution in [0, 0.1) is 0 Å². The summed E-state index contributed by atoms with van der Waals surface area (Å²) < 4.78 is 5.40. The van der Waals surface area contributed by atoms with Crippen LogP contribution in [0.3, 0.4) is 0 Å². The van der Waals surface area contributed by atoms with Crippen LogP contribution < -0.4 is 9.64 Å². The molecule has 0 aromatic carbocycles. The van der Waals surface area contributed by atoms with E-state index in [1.54, 1.807) is 24.6 Å². The van der Waals surface area contributed by atoms with Crippen molar-refractivity contribution in [2.24, 2.45) is 0 Å². The fourth-order valence-electron chi connectivity index (χ4n) is 1.73. The minimum atomic E-state index is -0.0751. The van der Waals surface area contributed by atoms with Gasteiger partial charge in [-0.2, -0.15) is 0 Å². The minimum absolute atomic E-state index is 0.0751. The zero-order valence-electron chi connectivity index (χ0n) is 9.21. The Balaban J connectivity index is 2.06. The predicted molar refractivity (Wildman–Crippen MR) is 66.5 cm³/mol. The molecule has 17 heavy (non-hydrogen) atoms. The lowest BCUT2D eigenvalue weighted by atomic mass is 10.2. The molecule has 0 radical (unpaired) electrons. The molecular formula is C12H10N2O2S. The highest BCUT2D eigenvalue weighted by molar-refractivity contribution is 7.13. The number of amides is 1. The van der Waals surface area contributed by atoms with Gasteiger partial charge in [0.25, 0.3) is 5.91 Å². The number of aromatic nitrogens is 1. The maximum Gasteiger partial charge on any atom is 0.265 e. The number of likely N-dealkylation sites (N-methyl/N-ethyl adjacent to an activating group) is 1. The van der Waals surface area contributed by atoms with Gasteiger partial charge in [-0.05, 0) is 17.5 Å². The number of carbonyl (C=O) groups is 1. The lowest BCUT2D eigenvalue weighted by Crippen LogP contribution is -2.36. The first-order valence-corrected chi connectivity index (χ1v) is 6.07. The second-order valence-corrected chi connectivity index (χ2v) is 4.71. The van der Waals surface area contributed by atoms with E-state index in [1.165, 1.54) is 4.90 Å². The first-order valence-electron chi connectivity index (χ1n) is 5.19. The van der Waals surface area contributed by atoms with E-state index in [1.807, 2.05) is 23.6 Å². The largest absolute Gasteiger partial charge is 0.480 e. The lowest BCUT2D eigenvalue weighted by molar-refractivity contribution is -0.121. The van der Waals surface area contributed by atoms with E-state index in [9.17, 15) is 4.79 Å². The Morgan fingerprint density at radius 3 is 3.18 bits per heavy atom. The van der Waals surface area contributed by atoms with Gasteiger partial charge in [0.1, 0.15) is 0 Å². The van der Waals surface area contributed by atoms with Gasteiger partial charge >= 0.3 is 0 Å². The molecule has 0 N–H and O–H groups in total. The Hall–Kier alpha value is -1.88. The molecule has 3 heterocycles. The monoisotopic (exact) mass is 246 g/mol. The highest BCUT2D eigenvalue weighted by atomic mass is 32.1. The smallest absolute Gasteiger partial charge is 0.265 e. The highest BCUT2D eigenvalue weighted by Gasteiger charge is 2.23. The van der Waals surface area contributed by atoms with E-state index >= 15 is 0 Å². The van der Waals surface area contributed by atoms with Gasteiger partial charge in [-0.15, -0.1) is 11.3 Å². The van der Waals surface area contributed by atoms with Gasteiger partial charge in [0.15, 0.2) is 18.2 Å². The number of pyridine rings is 1. The quantitative estimate of drug-likeness (QED) is 0.774. The molecule has 0 unspecified atom stereocenters. The minimum Gasteiger partial charge on any atom is -0.480 e. The number of hydrogen-bond acceptors (Lipinski definition) is 4. The Kier molecular flexibility index (Phi) is 2.33. The van der Waals surface area contributed by atoms with Crippen LogP contribution in [0.5, 0.6) is 5.75 Å². The molecule has 5 heteroatoms. The fraction of sp³-hybridized carbons (Fsp3) is 0.167. The van der Waals surface area contributed by atoms with Gasteiger partial charge in [0.2, 0.25) is 0 Å². The van der Waals surface area contributed by atoms with E-state index in [4.69, 9.17) is 4.74 Å². The number of nitrogens with zero attached hydrogens (tertiary/aromatic N) is 2. The lowest BCUT2D eigenvalue weighted by Gasteiger charge is -2.24. The number of fused-ring (bicyclic) bond motifs is 1. The van der Waals surface area contributed by atoms with Crippen molar-refractivity contribution in [3.8, 4) is 16.2 Å². The van der Waals surface area contributed by atoms with Crippen molar-refractivity contribution in [2.75, 3.05) is 18.6 Å². The summed E-state index contributed by atoms with van der Waals surface area (Å²) in [6.07, 6.45) is 1.77. The molecule has 0 aliphatic carbocycles. The Morgan fingerprint density at radius 2 is 2.41 bits per heavy atom. The molecular weight excluding hydrogens is 236 g/mol. The van der Waals surface area contributed by atoms with Crippen molar-refractivity contribution >= 4 is 23.1 Å². The first kappa shape index (κ1) is 10.3. The summed E-state index contributed by atoms with van der Waals surface area (Å²) in [6, 6.07) is 5.96. The van der Waals surface area contributed by atoms with Crippen molar-refractivity contribution in [3.05, 3.63) is 29.8 Å². The molecule has 0 atom stereocenters. The average Bonchev–Trinajstić information content (AvgIpc) is 2.87. The van der Waals surface area contributed by atoms with Gasteiger partial charge in [0, 0.05) is 23.7 Å². The van der Waals surface area contributed by atoms with Crippen LogP contribution in [-0.4, -0.2) is 24.5 Å². The highest BCUT2D eigenvalue weighted by Crippen LogP contribution is 2.34. The van der Waals surface area contributed by atoms with Crippen molar-refractivity contribution < 1.29 is 9.53 Å². The second-order valence-electron chi connectivity index (χ2n) is 3.76. The van der Waals surface area contributed by atoms with Crippen LogP contribution >= 0.6 is 11.3 Å². The summed E-state index contributed by atoms with van der Waals surface area (Å²) in [5, 5.41) is 2.02. The van der Waals surface area contributed by atoms with Crippen LogP contribution in [0.2, 0.25) is 0 Å². The van der Waals surface area contributed by atoms with Gasteiger partial charge in [-0.1, -0.05) is 6.07 Å². The zero-order valence-corrected chi connectivity index (χ0v) is 10.0. The van der Waals surface area contributed by atoms with Crippen molar-refractivity contribution in [2.45, 2.75) is 0 Å². The summed E-state index contributed by atoms with van der Waals surface area (Å²) in [5.41, 5.74) is 1.02. The topological polar surface area (TPSA) is 42.4 Å². The Morgan fingerprint density at radius 1 is 1.53 bits per heavy atom. The number of hydrogen-bond donors (Lipinski definition) is 0. The molecule has 0 fully saturated rings. The summed E-state index contributed by atoms with van der Waals surface area (Å²) in [6.45, 7) is 0.0824. The number of carbonyl (C=O) groups excluding carboxylic acids is 1. The van der Waals surface area contributed by atoms with Crippen molar-refractivity contribution in [3.63, 3.8) is 0 Å². The van der Waals surface area contributed by atoms with Gasteiger partial charge in [-0.25, -0.2) is 4.98 Å². The maximum absolute atomic E-state index is 11.4.